The Morgan fingerprint density at radius 3 is 2.68 bits per heavy atom. The Morgan fingerprint density at radius 2 is 2.00 bits per heavy atom. The number of benzene rings is 1. The van der Waals surface area contributed by atoms with Gasteiger partial charge in [0.15, 0.2) is 17.3 Å². The minimum absolute atomic E-state index is 0. The third kappa shape index (κ3) is 2.08. The maximum absolute atomic E-state index is 12.0. The largest absolute Gasteiger partial charge is 0.504 e. The second-order valence-corrected chi connectivity index (χ2v) is 4.74. The molecule has 3 rings (SSSR count). The number of hydrogen-bond acceptors (Lipinski definition) is 5. The van der Waals surface area contributed by atoms with Crippen molar-refractivity contribution in [1.82, 2.24) is 0 Å². The number of rotatable bonds is 1. The number of allylic oxidation sites excluding steroid dienone is 1. The van der Waals surface area contributed by atoms with E-state index in [4.69, 9.17) is 4.74 Å². The van der Waals surface area contributed by atoms with E-state index in [-0.39, 0.29) is 36.0 Å². The van der Waals surface area contributed by atoms with E-state index in [1.165, 1.54) is 23.5 Å². The van der Waals surface area contributed by atoms with Gasteiger partial charge in [-0.3, -0.25) is 4.79 Å². The van der Waals surface area contributed by atoms with Crippen LogP contribution in [0.25, 0.3) is 6.08 Å². The van der Waals surface area contributed by atoms with Crippen LogP contribution in [0.2, 0.25) is 0 Å². The fourth-order valence-corrected chi connectivity index (χ4v) is 2.38. The van der Waals surface area contributed by atoms with Crippen molar-refractivity contribution in [3.05, 3.63) is 45.8 Å². The van der Waals surface area contributed by atoms with Crippen LogP contribution in [-0.4, -0.2) is 16.0 Å². The van der Waals surface area contributed by atoms with E-state index < -0.39 is 5.75 Å². The van der Waals surface area contributed by atoms with Crippen LogP contribution in [0.4, 0.5) is 0 Å². The summed E-state index contributed by atoms with van der Waals surface area (Å²) < 4.78 is 5.31. The van der Waals surface area contributed by atoms with Crippen LogP contribution in [-0.2, 0) is 0 Å². The molecule has 1 aromatic carbocycles. The lowest BCUT2D eigenvalue weighted by molar-refractivity contribution is 0.101. The molecule has 0 unspecified atom stereocenters. The van der Waals surface area contributed by atoms with Crippen molar-refractivity contribution in [2.45, 2.75) is 7.43 Å². The third-order valence-corrected chi connectivity index (χ3v) is 3.43. The first-order chi connectivity index (χ1) is 8.66. The predicted octanol–water partition coefficient (Wildman–Crippen LogP) is 3.41. The average molecular weight is 276 g/mol. The molecule has 0 saturated carbocycles. The van der Waals surface area contributed by atoms with Crippen LogP contribution in [0, 0.1) is 0 Å². The minimum atomic E-state index is -0.407. The molecule has 0 aliphatic carbocycles. The lowest BCUT2D eigenvalue weighted by Crippen LogP contribution is -1.97. The lowest BCUT2D eigenvalue weighted by Gasteiger charge is -2.02. The molecular weight excluding hydrogens is 264 g/mol. The van der Waals surface area contributed by atoms with Crippen LogP contribution in [0.5, 0.6) is 17.2 Å². The molecule has 0 radical (unpaired) electrons. The molecule has 0 saturated heterocycles. The summed E-state index contributed by atoms with van der Waals surface area (Å²) in [6, 6.07) is 6.42. The van der Waals surface area contributed by atoms with E-state index >= 15 is 0 Å². The zero-order valence-corrected chi connectivity index (χ0v) is 9.90. The van der Waals surface area contributed by atoms with E-state index in [9.17, 15) is 15.0 Å². The summed E-state index contributed by atoms with van der Waals surface area (Å²) in [7, 11) is 0. The summed E-state index contributed by atoms with van der Waals surface area (Å²) in [5.74, 6) is -0.848. The lowest BCUT2D eigenvalue weighted by atomic mass is 10.1. The van der Waals surface area contributed by atoms with Gasteiger partial charge in [0.25, 0.3) is 0 Å². The van der Waals surface area contributed by atoms with Gasteiger partial charge in [0.05, 0.1) is 5.56 Å². The Kier molecular flexibility index (Phi) is 3.31. The summed E-state index contributed by atoms with van der Waals surface area (Å²) in [5, 5.41) is 20.9. The SMILES string of the molecule is C.O=C1/C(=C/c2cccs2)Oc2c1ccc(O)c2O. The molecule has 0 amide bonds. The van der Waals surface area contributed by atoms with Gasteiger partial charge < -0.3 is 14.9 Å². The second-order valence-electron chi connectivity index (χ2n) is 3.77. The van der Waals surface area contributed by atoms with Crippen molar-refractivity contribution in [3.8, 4) is 17.2 Å². The van der Waals surface area contributed by atoms with E-state index in [2.05, 4.69) is 0 Å². The number of Topliss-reactive ketones (excluding diaryl/α,β-unsaturated/α-hetero) is 1. The third-order valence-electron chi connectivity index (χ3n) is 2.61. The van der Waals surface area contributed by atoms with Gasteiger partial charge >= 0.3 is 0 Å². The second kappa shape index (κ2) is 4.78. The van der Waals surface area contributed by atoms with Gasteiger partial charge in [-0.1, -0.05) is 13.5 Å². The number of ether oxygens (including phenoxy) is 1. The molecule has 0 spiro atoms. The Bertz CT molecular complexity index is 656. The van der Waals surface area contributed by atoms with E-state index in [1.807, 2.05) is 17.5 Å². The average Bonchev–Trinajstić information content (AvgIpc) is 2.95. The number of aromatic hydroxyl groups is 2. The molecule has 0 atom stereocenters. The molecule has 2 aromatic rings. The highest BCUT2D eigenvalue weighted by Crippen LogP contribution is 2.44. The summed E-state index contributed by atoms with van der Waals surface area (Å²) in [5.41, 5.74) is 0.258. The zero-order chi connectivity index (χ0) is 12.7. The molecule has 0 fully saturated rings. The van der Waals surface area contributed by atoms with Crippen molar-refractivity contribution < 1.29 is 19.7 Å². The number of carbonyl (C=O) groups excluding carboxylic acids is 1. The summed E-state index contributed by atoms with van der Waals surface area (Å²) in [6.45, 7) is 0. The van der Waals surface area contributed by atoms with Crippen molar-refractivity contribution in [3.63, 3.8) is 0 Å². The Labute approximate surface area is 114 Å². The van der Waals surface area contributed by atoms with Gasteiger partial charge in [0, 0.05) is 11.0 Å². The topological polar surface area (TPSA) is 66.8 Å². The number of thiophene rings is 1. The van der Waals surface area contributed by atoms with Crippen molar-refractivity contribution in [2.24, 2.45) is 0 Å². The molecule has 19 heavy (non-hydrogen) atoms. The van der Waals surface area contributed by atoms with Crippen molar-refractivity contribution >= 4 is 23.2 Å². The smallest absolute Gasteiger partial charge is 0.232 e. The van der Waals surface area contributed by atoms with E-state index in [0.717, 1.165) is 4.88 Å². The van der Waals surface area contributed by atoms with Gasteiger partial charge in [-0.2, -0.15) is 0 Å². The standard InChI is InChI=1S/C13H8O4S.CH4/c14-9-4-3-8-11(15)10(17-13(8)12(9)16)6-7-2-1-5-18-7;/h1-6,14,16H;1H4/b10-6-;. The van der Waals surface area contributed by atoms with Crippen molar-refractivity contribution in [1.29, 1.82) is 0 Å². The first kappa shape index (κ1) is 13.2. The molecule has 1 aromatic heterocycles. The van der Waals surface area contributed by atoms with Gasteiger partial charge in [-0.05, 0) is 23.6 Å². The van der Waals surface area contributed by atoms with Crippen LogP contribution >= 0.6 is 11.3 Å². The van der Waals surface area contributed by atoms with Crippen molar-refractivity contribution in [2.75, 3.05) is 0 Å². The Balaban J connectivity index is 0.00000133. The Morgan fingerprint density at radius 1 is 1.21 bits per heavy atom. The van der Waals surface area contributed by atoms with Crippen LogP contribution in [0.15, 0.2) is 35.4 Å². The Hall–Kier alpha value is -2.27. The van der Waals surface area contributed by atoms with Gasteiger partial charge in [-0.25, -0.2) is 0 Å². The first-order valence-corrected chi connectivity index (χ1v) is 6.07. The number of ketones is 1. The number of hydrogen-bond donors (Lipinski definition) is 2. The van der Waals surface area contributed by atoms with E-state index in [0.29, 0.717) is 0 Å². The maximum Gasteiger partial charge on any atom is 0.232 e. The highest BCUT2D eigenvalue weighted by molar-refractivity contribution is 7.10. The zero-order valence-electron chi connectivity index (χ0n) is 9.08. The molecule has 98 valence electrons. The summed E-state index contributed by atoms with van der Waals surface area (Å²) in [6.07, 6.45) is 1.61. The van der Waals surface area contributed by atoms with Crippen LogP contribution in [0.3, 0.4) is 0 Å². The molecule has 4 nitrogen and oxygen atoms in total. The molecule has 0 bridgehead atoms. The fraction of sp³-hybridized carbons (Fsp3) is 0.0714. The molecule has 5 heteroatoms. The molecule has 1 aliphatic rings. The molecule has 2 N–H and O–H groups in total. The fourth-order valence-electron chi connectivity index (χ4n) is 1.73. The highest BCUT2D eigenvalue weighted by atomic mass is 32.1. The van der Waals surface area contributed by atoms with Gasteiger partial charge in [0.1, 0.15) is 0 Å². The monoisotopic (exact) mass is 276 g/mol. The van der Waals surface area contributed by atoms with Gasteiger partial charge in [0.2, 0.25) is 11.5 Å². The van der Waals surface area contributed by atoms with Gasteiger partial charge in [-0.15, -0.1) is 11.3 Å². The number of phenolic OH excluding ortho intramolecular Hbond substituents is 2. The van der Waals surface area contributed by atoms with Crippen LogP contribution in [0.1, 0.15) is 22.7 Å². The summed E-state index contributed by atoms with van der Waals surface area (Å²) >= 11 is 1.48. The predicted molar refractivity (Wildman–Crippen MR) is 73.8 cm³/mol. The normalized spacial score (nSPS) is 14.9. The van der Waals surface area contributed by atoms with Crippen LogP contribution < -0.4 is 4.74 Å². The molecule has 2 heterocycles. The quantitative estimate of drug-likeness (QED) is 0.618. The maximum atomic E-state index is 12.0. The number of fused-ring (bicyclic) bond motifs is 1. The minimum Gasteiger partial charge on any atom is -0.504 e. The number of carbonyl (C=O) groups is 1. The van der Waals surface area contributed by atoms with E-state index in [1.54, 1.807) is 6.08 Å². The summed E-state index contributed by atoms with van der Waals surface area (Å²) in [4.78, 5) is 12.9. The number of phenols is 2. The molecule has 1 aliphatic heterocycles. The highest BCUT2D eigenvalue weighted by Gasteiger charge is 2.31. The first-order valence-electron chi connectivity index (χ1n) is 5.19. The molecular formula is C14H12O4S.